The van der Waals surface area contributed by atoms with Crippen LogP contribution in [0.5, 0.6) is 0 Å². The molecule has 0 atom stereocenters. The van der Waals surface area contributed by atoms with E-state index in [1.807, 2.05) is 36.4 Å². The normalized spacial score (nSPS) is 11.9. The summed E-state index contributed by atoms with van der Waals surface area (Å²) >= 11 is 0. The van der Waals surface area contributed by atoms with Gasteiger partial charge in [-0.05, 0) is 37.3 Å². The van der Waals surface area contributed by atoms with E-state index >= 15 is 0 Å². The zero-order valence-electron chi connectivity index (χ0n) is 16.3. The molecule has 0 N–H and O–H groups in total. The van der Waals surface area contributed by atoms with Gasteiger partial charge < -0.3 is 17.8 Å². The summed E-state index contributed by atoms with van der Waals surface area (Å²) in [6, 6.07) is 11.5. The lowest BCUT2D eigenvalue weighted by Crippen LogP contribution is -2.36. The van der Waals surface area contributed by atoms with E-state index < -0.39 is 15.6 Å². The number of halogens is 3. The Morgan fingerprint density at radius 2 is 1.52 bits per heavy atom. The van der Waals surface area contributed by atoms with Crippen molar-refractivity contribution in [3.8, 4) is 28.8 Å². The van der Waals surface area contributed by atoms with Gasteiger partial charge in [-0.2, -0.15) is 17.7 Å². The quantitative estimate of drug-likeness (QED) is 0.257. The number of alkyl halides is 3. The highest BCUT2D eigenvalue weighted by molar-refractivity contribution is 7.86. The minimum absolute atomic E-state index is 0.744. The first-order chi connectivity index (χ1) is 14.6. The molecule has 4 aromatic rings. The molecule has 0 aliphatic rings. The molecule has 31 heavy (non-hydrogen) atoms. The van der Waals surface area contributed by atoms with Crippen molar-refractivity contribution in [1.29, 1.82) is 0 Å². The molecule has 4 aromatic heterocycles. The lowest BCUT2D eigenvalue weighted by Gasteiger charge is -2.08. The molecule has 166 valence electrons. The summed E-state index contributed by atoms with van der Waals surface area (Å²) in [6.07, 6.45) is 5.02. The van der Waals surface area contributed by atoms with Gasteiger partial charge in [-0.1, -0.05) is 0 Å². The number of imidazole rings is 1. The third-order valence-electron chi connectivity index (χ3n) is 4.27. The van der Waals surface area contributed by atoms with Crippen LogP contribution in [0.4, 0.5) is 13.2 Å². The summed E-state index contributed by atoms with van der Waals surface area (Å²) < 4.78 is 80.2. The maximum Gasteiger partial charge on any atom is 0.485 e. The van der Waals surface area contributed by atoms with Crippen LogP contribution in [0.15, 0.2) is 68.4 Å². The zero-order chi connectivity index (χ0) is 22.8. The first kappa shape index (κ1) is 22.4. The molecule has 0 fully saturated rings. The predicted molar refractivity (Wildman–Crippen MR) is 99.8 cm³/mol. The molecule has 0 aliphatic carbocycles. The summed E-state index contributed by atoms with van der Waals surface area (Å²) in [4.78, 5) is 0. The van der Waals surface area contributed by atoms with Gasteiger partial charge in [0.2, 0.25) is 11.4 Å². The summed E-state index contributed by atoms with van der Waals surface area (Å²) in [5.74, 6) is 3.35. The summed E-state index contributed by atoms with van der Waals surface area (Å²) in [7, 11) is -6.09. The smallest absolute Gasteiger partial charge is 0.485 e. The van der Waals surface area contributed by atoms with Crippen LogP contribution in [0.2, 0.25) is 0 Å². The standard InChI is InChI=1S/C18H17N2O3.CHF3O3S/c1-3-19-13(2)20(16-9-6-12-23-16)18(15-8-5-11-22-15)17(19)14-7-4-10-21-14;2-1(3,4)8(5,6)7/h4-12H,3H2,1-2H3;(H,5,6,7)/q+1;/p-1. The molecule has 0 amide bonds. The van der Waals surface area contributed by atoms with Gasteiger partial charge in [-0.3, -0.25) is 0 Å². The Bertz CT molecular complexity index is 1220. The Labute approximate surface area is 174 Å². The maximum absolute atomic E-state index is 10.7. The molecule has 0 saturated heterocycles. The lowest BCUT2D eigenvalue weighted by molar-refractivity contribution is -0.688. The Morgan fingerprint density at radius 3 is 1.94 bits per heavy atom. The average Bonchev–Trinajstić information content (AvgIpc) is 3.46. The highest BCUT2D eigenvalue weighted by Crippen LogP contribution is 2.34. The minimum atomic E-state index is -6.09. The van der Waals surface area contributed by atoms with E-state index in [0.717, 1.165) is 41.2 Å². The number of hydrogen-bond donors (Lipinski definition) is 0. The molecule has 4 heterocycles. The molecule has 0 aromatic carbocycles. The van der Waals surface area contributed by atoms with Gasteiger partial charge in [0.1, 0.15) is 0 Å². The molecule has 0 unspecified atom stereocenters. The second-order valence-electron chi connectivity index (χ2n) is 6.13. The van der Waals surface area contributed by atoms with E-state index in [1.165, 1.54) is 0 Å². The zero-order valence-corrected chi connectivity index (χ0v) is 17.1. The van der Waals surface area contributed by atoms with Crippen molar-refractivity contribution in [2.75, 3.05) is 0 Å². The molecule has 8 nitrogen and oxygen atoms in total. The van der Waals surface area contributed by atoms with Crippen LogP contribution < -0.4 is 4.57 Å². The second-order valence-corrected chi connectivity index (χ2v) is 7.50. The molecule has 12 heteroatoms. The number of hydrogen-bond acceptors (Lipinski definition) is 6. The van der Waals surface area contributed by atoms with Crippen molar-refractivity contribution in [2.45, 2.75) is 25.9 Å². The summed E-state index contributed by atoms with van der Waals surface area (Å²) in [6.45, 7) is 4.98. The SMILES string of the molecule is CC[n+]1c(-c2ccco2)c(-c2ccco2)n(-c2ccco2)c1C.O=S(=O)([O-])C(F)(F)F. The predicted octanol–water partition coefficient (Wildman–Crippen LogP) is 4.26. The van der Waals surface area contributed by atoms with Crippen molar-refractivity contribution in [3.05, 3.63) is 61.0 Å². The number of nitrogens with zero attached hydrogens (tertiary/aromatic N) is 2. The van der Waals surface area contributed by atoms with Crippen LogP contribution in [0.3, 0.4) is 0 Å². The molecular weight excluding hydrogens is 441 g/mol. The van der Waals surface area contributed by atoms with Gasteiger partial charge in [0.05, 0.1) is 25.3 Å². The second kappa shape index (κ2) is 8.47. The van der Waals surface area contributed by atoms with Crippen LogP contribution >= 0.6 is 0 Å². The van der Waals surface area contributed by atoms with Crippen molar-refractivity contribution in [3.63, 3.8) is 0 Å². The Morgan fingerprint density at radius 1 is 1.00 bits per heavy atom. The first-order valence-electron chi connectivity index (χ1n) is 8.85. The molecule has 0 aliphatic heterocycles. The number of aromatic nitrogens is 2. The third-order valence-corrected chi connectivity index (χ3v) is 4.83. The Kier molecular flexibility index (Phi) is 6.13. The summed E-state index contributed by atoms with van der Waals surface area (Å²) in [5.41, 5.74) is -3.76. The Hall–Kier alpha value is -3.25. The van der Waals surface area contributed by atoms with E-state index in [-0.39, 0.29) is 0 Å². The van der Waals surface area contributed by atoms with Crippen LogP contribution in [0, 0.1) is 6.92 Å². The van der Waals surface area contributed by atoms with Crippen LogP contribution in [-0.2, 0) is 16.7 Å². The highest BCUT2D eigenvalue weighted by Gasteiger charge is 2.37. The van der Waals surface area contributed by atoms with Gasteiger partial charge in [-0.15, -0.1) is 0 Å². The largest absolute Gasteiger partial charge is 0.741 e. The minimum Gasteiger partial charge on any atom is -0.741 e. The van der Waals surface area contributed by atoms with Crippen molar-refractivity contribution < 1.29 is 44.0 Å². The van der Waals surface area contributed by atoms with E-state index in [9.17, 15) is 13.2 Å². The van der Waals surface area contributed by atoms with Gasteiger partial charge in [0.25, 0.3) is 11.7 Å². The molecule has 0 spiro atoms. The maximum atomic E-state index is 10.7. The van der Waals surface area contributed by atoms with Gasteiger partial charge in [0.15, 0.2) is 21.6 Å². The molecule has 0 bridgehead atoms. The van der Waals surface area contributed by atoms with Crippen LogP contribution in [-0.4, -0.2) is 23.0 Å². The van der Waals surface area contributed by atoms with E-state index in [2.05, 4.69) is 23.0 Å². The highest BCUT2D eigenvalue weighted by atomic mass is 32.2. The van der Waals surface area contributed by atoms with Crippen LogP contribution in [0.1, 0.15) is 12.7 Å². The number of furan rings is 3. The fraction of sp³-hybridized carbons (Fsp3) is 0.211. The van der Waals surface area contributed by atoms with E-state index in [4.69, 9.17) is 26.2 Å². The third kappa shape index (κ3) is 4.44. The summed E-state index contributed by atoms with van der Waals surface area (Å²) in [5, 5.41) is 0. The lowest BCUT2D eigenvalue weighted by atomic mass is 10.2. The van der Waals surface area contributed by atoms with E-state index in [0.29, 0.717) is 0 Å². The molecule has 0 saturated carbocycles. The first-order valence-corrected chi connectivity index (χ1v) is 10.3. The monoisotopic (exact) mass is 458 g/mol. The fourth-order valence-corrected chi connectivity index (χ4v) is 3.03. The van der Waals surface area contributed by atoms with E-state index in [1.54, 1.807) is 18.8 Å². The molecule has 0 radical (unpaired) electrons. The van der Waals surface area contributed by atoms with Crippen molar-refractivity contribution >= 4 is 10.1 Å². The van der Waals surface area contributed by atoms with Crippen LogP contribution in [0.25, 0.3) is 28.8 Å². The molecular formula is C19H17F3N2O6S. The van der Waals surface area contributed by atoms with Gasteiger partial charge in [0, 0.05) is 13.0 Å². The fourth-order valence-electron chi connectivity index (χ4n) is 3.03. The molecule has 4 rings (SSSR count). The van der Waals surface area contributed by atoms with Crippen molar-refractivity contribution in [2.24, 2.45) is 0 Å². The average molecular weight is 458 g/mol. The van der Waals surface area contributed by atoms with Gasteiger partial charge >= 0.3 is 5.51 Å². The topological polar surface area (TPSA) is 105 Å². The van der Waals surface area contributed by atoms with Crippen molar-refractivity contribution in [1.82, 2.24) is 4.57 Å². The Balaban J connectivity index is 0.000000293. The number of rotatable bonds is 4. The van der Waals surface area contributed by atoms with Gasteiger partial charge in [-0.25, -0.2) is 13.0 Å².